The van der Waals surface area contributed by atoms with Gasteiger partial charge in [0.15, 0.2) is 0 Å². The summed E-state index contributed by atoms with van der Waals surface area (Å²) in [5.41, 5.74) is 1.70. The van der Waals surface area contributed by atoms with Gasteiger partial charge in [-0.25, -0.2) is 12.7 Å². The van der Waals surface area contributed by atoms with Crippen LogP contribution in [0, 0.1) is 5.92 Å². The molecule has 0 saturated carbocycles. The average Bonchev–Trinajstić information content (AvgIpc) is 3.17. The molecule has 1 aliphatic heterocycles. The second-order valence-electron chi connectivity index (χ2n) is 10.3. The van der Waals surface area contributed by atoms with E-state index in [0.717, 1.165) is 15.4 Å². The van der Waals surface area contributed by atoms with E-state index >= 15 is 0 Å². The molecular weight excluding hydrogens is 542 g/mol. The Labute approximate surface area is 241 Å². The van der Waals surface area contributed by atoms with E-state index in [1.807, 2.05) is 50.2 Å². The Morgan fingerprint density at radius 3 is 2.32 bits per heavy atom. The molecule has 41 heavy (non-hydrogen) atoms. The number of methoxy groups -OCH3 is 1. The minimum atomic E-state index is -4.07. The third-order valence-electron chi connectivity index (χ3n) is 6.88. The zero-order chi connectivity index (χ0) is 29.6. The van der Waals surface area contributed by atoms with Gasteiger partial charge in [0, 0.05) is 32.5 Å². The van der Waals surface area contributed by atoms with E-state index in [9.17, 15) is 22.8 Å². The number of ether oxygens (including phenoxy) is 1. The van der Waals surface area contributed by atoms with Crippen molar-refractivity contribution < 1.29 is 27.5 Å². The minimum Gasteiger partial charge on any atom is -0.497 e. The highest BCUT2D eigenvalue weighted by atomic mass is 32.2. The molecule has 0 unspecified atom stereocenters. The number of hydrogen-bond acceptors (Lipinski definition) is 6. The van der Waals surface area contributed by atoms with Gasteiger partial charge in [-0.05, 0) is 41.3 Å². The molecule has 4 rings (SSSR count). The van der Waals surface area contributed by atoms with E-state index in [0.29, 0.717) is 12.3 Å². The Kier molecular flexibility index (Phi) is 9.44. The van der Waals surface area contributed by atoms with Crippen LogP contribution in [0.1, 0.15) is 41.8 Å². The van der Waals surface area contributed by atoms with E-state index in [1.165, 1.54) is 17.0 Å². The molecule has 0 spiro atoms. The number of nitrogens with one attached hydrogen (secondary N) is 1. The molecule has 1 heterocycles. The molecule has 9 nitrogen and oxygen atoms in total. The van der Waals surface area contributed by atoms with Gasteiger partial charge < -0.3 is 15.0 Å². The van der Waals surface area contributed by atoms with Crippen LogP contribution in [0.2, 0.25) is 0 Å². The molecular formula is C31H35N3O6S. The van der Waals surface area contributed by atoms with E-state index in [-0.39, 0.29) is 48.2 Å². The predicted molar refractivity (Wildman–Crippen MR) is 155 cm³/mol. The minimum absolute atomic E-state index is 0.0688. The molecule has 0 aromatic heterocycles. The average molecular weight is 578 g/mol. The van der Waals surface area contributed by atoms with Crippen molar-refractivity contribution in [2.75, 3.05) is 20.2 Å². The molecule has 3 amide bonds. The van der Waals surface area contributed by atoms with Crippen LogP contribution >= 0.6 is 0 Å². The van der Waals surface area contributed by atoms with Gasteiger partial charge in [0.1, 0.15) is 16.7 Å². The zero-order valence-corrected chi connectivity index (χ0v) is 24.3. The lowest BCUT2D eigenvalue weighted by Gasteiger charge is -2.32. The maximum atomic E-state index is 13.9. The fourth-order valence-corrected chi connectivity index (χ4v) is 6.31. The van der Waals surface area contributed by atoms with E-state index in [1.54, 1.807) is 37.4 Å². The van der Waals surface area contributed by atoms with Gasteiger partial charge in [0.05, 0.1) is 12.7 Å². The van der Waals surface area contributed by atoms with Crippen LogP contribution in [-0.4, -0.2) is 61.6 Å². The fraction of sp³-hybridized carbons (Fsp3) is 0.323. The Bertz CT molecular complexity index is 1510. The first-order valence-corrected chi connectivity index (χ1v) is 15.0. The summed E-state index contributed by atoms with van der Waals surface area (Å²) < 4.78 is 32.2. The summed E-state index contributed by atoms with van der Waals surface area (Å²) in [4.78, 5) is 41.8. The van der Waals surface area contributed by atoms with Gasteiger partial charge in [0.2, 0.25) is 11.8 Å². The summed E-state index contributed by atoms with van der Waals surface area (Å²) in [7, 11) is -2.52. The summed E-state index contributed by atoms with van der Waals surface area (Å²) in [5.74, 6) is -0.621. The second-order valence-corrected chi connectivity index (χ2v) is 12.2. The van der Waals surface area contributed by atoms with Crippen LogP contribution in [0.3, 0.4) is 0 Å². The topological polar surface area (TPSA) is 113 Å². The van der Waals surface area contributed by atoms with Crippen molar-refractivity contribution in [3.8, 4) is 5.75 Å². The normalized spacial score (nSPS) is 14.4. The first kappa shape index (κ1) is 29.8. The summed E-state index contributed by atoms with van der Waals surface area (Å²) in [6, 6.07) is 21.7. The molecule has 3 aromatic rings. The van der Waals surface area contributed by atoms with Crippen LogP contribution in [0.25, 0.3) is 0 Å². The number of sulfonamides is 1. The maximum Gasteiger partial charge on any atom is 0.269 e. The van der Waals surface area contributed by atoms with Crippen LogP contribution in [0.15, 0.2) is 83.8 Å². The number of hydrogen-bond donors (Lipinski definition) is 1. The van der Waals surface area contributed by atoms with Gasteiger partial charge in [-0.3, -0.25) is 14.4 Å². The van der Waals surface area contributed by atoms with Crippen molar-refractivity contribution in [2.24, 2.45) is 5.92 Å². The SMILES string of the molecule is COc1cccc(CN(C(=O)CCN2C(=O)c3ccccc3S2(=O)=O)[C@@H](Cc2ccccc2)C(=O)NCC(C)C)c1. The van der Waals surface area contributed by atoms with Gasteiger partial charge in [-0.15, -0.1) is 0 Å². The van der Waals surface area contributed by atoms with Gasteiger partial charge in [-0.2, -0.15) is 0 Å². The summed E-state index contributed by atoms with van der Waals surface area (Å²) in [6.45, 7) is 4.15. The zero-order valence-electron chi connectivity index (χ0n) is 23.4. The molecule has 0 radical (unpaired) electrons. The van der Waals surface area contributed by atoms with Crippen molar-refractivity contribution >= 4 is 27.7 Å². The molecule has 1 aliphatic rings. The lowest BCUT2D eigenvalue weighted by molar-refractivity contribution is -0.141. The molecule has 0 bridgehead atoms. The van der Waals surface area contributed by atoms with Crippen LogP contribution in [0.4, 0.5) is 0 Å². The highest BCUT2D eigenvalue weighted by molar-refractivity contribution is 7.90. The largest absolute Gasteiger partial charge is 0.497 e. The molecule has 3 aromatic carbocycles. The first-order valence-electron chi connectivity index (χ1n) is 13.5. The number of carbonyl (C=O) groups is 3. The quantitative estimate of drug-likeness (QED) is 0.352. The maximum absolute atomic E-state index is 13.9. The second kappa shape index (κ2) is 13.0. The highest BCUT2D eigenvalue weighted by Crippen LogP contribution is 2.30. The van der Waals surface area contributed by atoms with Crippen molar-refractivity contribution in [1.29, 1.82) is 0 Å². The van der Waals surface area contributed by atoms with Crippen molar-refractivity contribution in [1.82, 2.24) is 14.5 Å². The van der Waals surface area contributed by atoms with Crippen LogP contribution in [0.5, 0.6) is 5.75 Å². The number of nitrogens with zero attached hydrogens (tertiary/aromatic N) is 2. The molecule has 0 fully saturated rings. The number of amides is 3. The molecule has 1 atom stereocenters. The Balaban J connectivity index is 1.64. The molecule has 0 aliphatic carbocycles. The van der Waals surface area contributed by atoms with E-state index < -0.39 is 27.9 Å². The standard InChI is InChI=1S/C31H35N3O6S/c1-22(2)20-32-30(36)27(19-23-10-5-4-6-11-23)33(21-24-12-9-13-25(18-24)40-3)29(35)16-17-34-31(37)26-14-7-8-15-28(26)41(34,38)39/h4-15,18,22,27H,16-17,19-21H2,1-3H3,(H,32,36)/t27-/m0/s1. The smallest absolute Gasteiger partial charge is 0.269 e. The number of carbonyl (C=O) groups excluding carboxylic acids is 3. The van der Waals surface area contributed by atoms with Crippen molar-refractivity contribution in [3.05, 3.63) is 95.6 Å². The Morgan fingerprint density at radius 1 is 0.951 bits per heavy atom. The van der Waals surface area contributed by atoms with Crippen molar-refractivity contribution in [2.45, 2.75) is 44.2 Å². The van der Waals surface area contributed by atoms with E-state index in [2.05, 4.69) is 5.32 Å². The van der Waals surface area contributed by atoms with Crippen molar-refractivity contribution in [3.63, 3.8) is 0 Å². The third-order valence-corrected chi connectivity index (χ3v) is 8.72. The lowest BCUT2D eigenvalue weighted by atomic mass is 10.0. The van der Waals surface area contributed by atoms with E-state index in [4.69, 9.17) is 4.74 Å². The number of benzene rings is 3. The molecule has 216 valence electrons. The lowest BCUT2D eigenvalue weighted by Crippen LogP contribution is -2.51. The monoisotopic (exact) mass is 577 g/mol. The highest BCUT2D eigenvalue weighted by Gasteiger charge is 2.41. The Morgan fingerprint density at radius 2 is 1.63 bits per heavy atom. The van der Waals surface area contributed by atoms with Gasteiger partial charge in [0.25, 0.3) is 15.9 Å². The first-order chi connectivity index (χ1) is 19.6. The summed E-state index contributed by atoms with van der Waals surface area (Å²) >= 11 is 0. The number of fused-ring (bicyclic) bond motifs is 1. The predicted octanol–water partition coefficient (Wildman–Crippen LogP) is 3.64. The molecule has 0 saturated heterocycles. The van der Waals surface area contributed by atoms with Gasteiger partial charge in [-0.1, -0.05) is 68.4 Å². The third kappa shape index (κ3) is 6.94. The number of rotatable bonds is 12. The summed E-state index contributed by atoms with van der Waals surface area (Å²) in [5, 5.41) is 2.96. The Hall–Kier alpha value is -4.18. The fourth-order valence-electron chi connectivity index (χ4n) is 4.74. The van der Waals surface area contributed by atoms with Gasteiger partial charge >= 0.3 is 0 Å². The summed E-state index contributed by atoms with van der Waals surface area (Å²) in [6.07, 6.45) is -0.0292. The molecule has 10 heteroatoms. The van der Waals surface area contributed by atoms with Crippen LogP contribution in [-0.2, 0) is 32.6 Å². The molecule has 1 N–H and O–H groups in total. The van der Waals surface area contributed by atoms with Crippen LogP contribution < -0.4 is 10.1 Å².